The van der Waals surface area contributed by atoms with E-state index in [-0.39, 0.29) is 5.91 Å². The number of hydrogen-bond acceptors (Lipinski definition) is 2. The number of fused-ring (bicyclic) bond motifs is 1. The van der Waals surface area contributed by atoms with E-state index in [1.165, 1.54) is 0 Å². The van der Waals surface area contributed by atoms with Crippen molar-refractivity contribution in [1.82, 2.24) is 5.32 Å². The van der Waals surface area contributed by atoms with Crippen LogP contribution in [0.1, 0.15) is 38.7 Å². The Balaban J connectivity index is 2.00. The van der Waals surface area contributed by atoms with Gasteiger partial charge in [0.05, 0.1) is 0 Å². The molecule has 2 N–H and O–H groups in total. The van der Waals surface area contributed by atoms with Crippen LogP contribution in [-0.2, 0) is 6.42 Å². The van der Waals surface area contributed by atoms with E-state index in [4.69, 9.17) is 11.6 Å². The van der Waals surface area contributed by atoms with Crippen LogP contribution < -0.4 is 5.32 Å². The van der Waals surface area contributed by atoms with Gasteiger partial charge in [0.1, 0.15) is 6.10 Å². The molecule has 0 fully saturated rings. The third-order valence-electron chi connectivity index (χ3n) is 3.75. The van der Waals surface area contributed by atoms with Crippen LogP contribution in [0, 0.1) is 6.92 Å². The molecule has 1 unspecified atom stereocenters. The Labute approximate surface area is 128 Å². The van der Waals surface area contributed by atoms with Crippen molar-refractivity contribution in [1.29, 1.82) is 0 Å². The van der Waals surface area contributed by atoms with Crippen molar-refractivity contribution in [2.45, 2.75) is 19.4 Å². The van der Waals surface area contributed by atoms with Crippen molar-refractivity contribution >= 4 is 17.5 Å². The Hall–Kier alpha value is -1.84. The quantitative estimate of drug-likeness (QED) is 0.896. The van der Waals surface area contributed by atoms with Crippen molar-refractivity contribution < 1.29 is 9.90 Å². The maximum atomic E-state index is 11.9. The van der Waals surface area contributed by atoms with Gasteiger partial charge in [0.25, 0.3) is 5.91 Å². The van der Waals surface area contributed by atoms with Gasteiger partial charge < -0.3 is 10.4 Å². The number of aliphatic hydroxyl groups is 1. The van der Waals surface area contributed by atoms with E-state index in [1.54, 1.807) is 12.1 Å². The molecule has 108 valence electrons. The van der Waals surface area contributed by atoms with E-state index < -0.39 is 6.10 Å². The predicted molar refractivity (Wildman–Crippen MR) is 82.7 cm³/mol. The third-order valence-corrected chi connectivity index (χ3v) is 3.97. The minimum atomic E-state index is -0.789. The summed E-state index contributed by atoms with van der Waals surface area (Å²) >= 11 is 6.04. The molecule has 0 aromatic heterocycles. The fourth-order valence-electron chi connectivity index (χ4n) is 2.71. The molecule has 2 aromatic carbocycles. The van der Waals surface area contributed by atoms with Crippen molar-refractivity contribution in [2.24, 2.45) is 0 Å². The summed E-state index contributed by atoms with van der Waals surface area (Å²) in [6.45, 7) is 2.60. The van der Waals surface area contributed by atoms with Crippen molar-refractivity contribution in [3.05, 3.63) is 69.2 Å². The standard InChI is InChI=1S/C17H16ClNO2/c1-10-6-13(8-14(18)7-10)16(20)12-3-2-11-4-5-19-17(21)15(11)9-12/h2-3,6-9,16,20H,4-5H2,1H3,(H,19,21). The van der Waals surface area contributed by atoms with E-state index in [0.29, 0.717) is 22.7 Å². The molecule has 1 amide bonds. The number of hydrogen-bond donors (Lipinski definition) is 2. The largest absolute Gasteiger partial charge is 0.384 e. The number of aliphatic hydroxyl groups excluding tert-OH is 1. The van der Waals surface area contributed by atoms with Gasteiger partial charge in [-0.25, -0.2) is 0 Å². The Morgan fingerprint density at radius 3 is 2.76 bits per heavy atom. The first-order valence-corrected chi connectivity index (χ1v) is 7.28. The molecule has 0 saturated carbocycles. The molecule has 0 spiro atoms. The van der Waals surface area contributed by atoms with Crippen LogP contribution in [0.2, 0.25) is 5.02 Å². The second kappa shape index (κ2) is 5.51. The molecule has 1 aliphatic heterocycles. The second-order valence-corrected chi connectivity index (χ2v) is 5.82. The number of rotatable bonds is 2. The molecule has 3 nitrogen and oxygen atoms in total. The smallest absolute Gasteiger partial charge is 0.251 e. The Bertz CT molecular complexity index is 692. The first kappa shape index (κ1) is 14.1. The average Bonchev–Trinajstić information content (AvgIpc) is 2.45. The molecule has 21 heavy (non-hydrogen) atoms. The average molecular weight is 302 g/mol. The number of nitrogens with one attached hydrogen (secondary N) is 1. The third kappa shape index (κ3) is 2.80. The summed E-state index contributed by atoms with van der Waals surface area (Å²) in [6.07, 6.45) is 0.0377. The summed E-state index contributed by atoms with van der Waals surface area (Å²) in [7, 11) is 0. The van der Waals surface area contributed by atoms with E-state index in [0.717, 1.165) is 23.1 Å². The van der Waals surface area contributed by atoms with E-state index >= 15 is 0 Å². The van der Waals surface area contributed by atoms with Gasteiger partial charge in [-0.05, 0) is 53.8 Å². The summed E-state index contributed by atoms with van der Waals surface area (Å²) in [6, 6.07) is 11.1. The first-order valence-electron chi connectivity index (χ1n) is 6.91. The molecule has 1 atom stereocenters. The van der Waals surface area contributed by atoms with Crippen LogP contribution in [0.25, 0.3) is 0 Å². The Morgan fingerprint density at radius 2 is 2.00 bits per heavy atom. The lowest BCUT2D eigenvalue weighted by Gasteiger charge is -2.19. The molecule has 0 radical (unpaired) electrons. The van der Waals surface area contributed by atoms with Crippen molar-refractivity contribution in [3.8, 4) is 0 Å². The number of amides is 1. The summed E-state index contributed by atoms with van der Waals surface area (Å²) in [5.74, 6) is -0.0763. The second-order valence-electron chi connectivity index (χ2n) is 5.39. The lowest BCUT2D eigenvalue weighted by Crippen LogP contribution is -2.31. The number of aryl methyl sites for hydroxylation is 1. The highest BCUT2D eigenvalue weighted by Crippen LogP contribution is 2.28. The van der Waals surface area contributed by atoms with Gasteiger partial charge in [0.15, 0.2) is 0 Å². The molecular formula is C17H16ClNO2. The zero-order chi connectivity index (χ0) is 15.0. The van der Waals surface area contributed by atoms with Crippen LogP contribution in [-0.4, -0.2) is 17.6 Å². The topological polar surface area (TPSA) is 49.3 Å². The number of carbonyl (C=O) groups excluding carboxylic acids is 1. The monoisotopic (exact) mass is 301 g/mol. The SMILES string of the molecule is Cc1cc(Cl)cc(C(O)c2ccc3c(c2)C(=O)NCC3)c1. The molecule has 1 aliphatic rings. The molecule has 0 saturated heterocycles. The van der Waals surface area contributed by atoms with Gasteiger partial charge >= 0.3 is 0 Å². The van der Waals surface area contributed by atoms with Gasteiger partial charge in [-0.3, -0.25) is 4.79 Å². The zero-order valence-corrected chi connectivity index (χ0v) is 12.4. The molecule has 4 heteroatoms. The van der Waals surface area contributed by atoms with Crippen LogP contribution >= 0.6 is 11.6 Å². The number of carbonyl (C=O) groups is 1. The normalized spacial score (nSPS) is 15.3. The van der Waals surface area contributed by atoms with E-state index in [1.807, 2.05) is 31.2 Å². The van der Waals surface area contributed by atoms with Crippen molar-refractivity contribution in [3.63, 3.8) is 0 Å². The predicted octanol–water partition coefficient (Wildman–Crippen LogP) is 3.02. The minimum Gasteiger partial charge on any atom is -0.384 e. The highest BCUT2D eigenvalue weighted by molar-refractivity contribution is 6.30. The highest BCUT2D eigenvalue weighted by atomic mass is 35.5. The van der Waals surface area contributed by atoms with Crippen LogP contribution in [0.3, 0.4) is 0 Å². The lowest BCUT2D eigenvalue weighted by molar-refractivity contribution is 0.0945. The molecule has 0 bridgehead atoms. The maximum absolute atomic E-state index is 11.9. The zero-order valence-electron chi connectivity index (χ0n) is 11.7. The number of halogens is 1. The Kier molecular flexibility index (Phi) is 3.70. The van der Waals surface area contributed by atoms with Gasteiger partial charge in [-0.15, -0.1) is 0 Å². The molecule has 2 aromatic rings. The maximum Gasteiger partial charge on any atom is 0.251 e. The summed E-state index contributed by atoms with van der Waals surface area (Å²) < 4.78 is 0. The van der Waals surface area contributed by atoms with Gasteiger partial charge in [0, 0.05) is 17.1 Å². The van der Waals surface area contributed by atoms with E-state index in [9.17, 15) is 9.90 Å². The fourth-order valence-corrected chi connectivity index (χ4v) is 3.01. The lowest BCUT2D eigenvalue weighted by atomic mass is 9.93. The van der Waals surface area contributed by atoms with Crippen LogP contribution in [0.15, 0.2) is 36.4 Å². The Morgan fingerprint density at radius 1 is 1.19 bits per heavy atom. The minimum absolute atomic E-state index is 0.0763. The van der Waals surface area contributed by atoms with Crippen LogP contribution in [0.4, 0.5) is 0 Å². The molecule has 1 heterocycles. The molecule has 0 aliphatic carbocycles. The van der Waals surface area contributed by atoms with Gasteiger partial charge in [-0.1, -0.05) is 29.8 Å². The summed E-state index contributed by atoms with van der Waals surface area (Å²) in [5.41, 5.74) is 4.10. The van der Waals surface area contributed by atoms with Crippen LogP contribution in [0.5, 0.6) is 0 Å². The fraction of sp³-hybridized carbons (Fsp3) is 0.235. The van der Waals surface area contributed by atoms with E-state index in [2.05, 4.69) is 5.32 Å². The summed E-state index contributed by atoms with van der Waals surface area (Å²) in [5, 5.41) is 14.0. The highest BCUT2D eigenvalue weighted by Gasteiger charge is 2.19. The first-order chi connectivity index (χ1) is 10.0. The van der Waals surface area contributed by atoms with Crippen molar-refractivity contribution in [2.75, 3.05) is 6.54 Å². The molecule has 3 rings (SSSR count). The summed E-state index contributed by atoms with van der Waals surface area (Å²) in [4.78, 5) is 11.9. The number of benzene rings is 2. The van der Waals surface area contributed by atoms with Gasteiger partial charge in [0.2, 0.25) is 0 Å². The van der Waals surface area contributed by atoms with Gasteiger partial charge in [-0.2, -0.15) is 0 Å². The molecular weight excluding hydrogens is 286 g/mol.